The fourth-order valence-electron chi connectivity index (χ4n) is 0. The first kappa shape index (κ1) is 289. The summed E-state index contributed by atoms with van der Waals surface area (Å²) < 4.78 is 0. The van der Waals surface area contributed by atoms with E-state index in [4.69, 9.17) is 0 Å². The van der Waals surface area contributed by atoms with Gasteiger partial charge in [0, 0.05) is 0 Å². The summed E-state index contributed by atoms with van der Waals surface area (Å²) in [6.45, 7) is 0. The third-order valence-electron chi connectivity index (χ3n) is 0. The molecule has 0 amide bonds. The summed E-state index contributed by atoms with van der Waals surface area (Å²) in [5.41, 5.74) is 0. The Morgan fingerprint density at radius 1 is 0.0833 bits per heavy atom. The Bertz CT molecular complexity index is 22.9. The molecule has 0 aromatic carbocycles. The van der Waals surface area contributed by atoms with Crippen molar-refractivity contribution in [2.24, 2.45) is 0 Å². The molecule has 0 saturated heterocycles. The van der Waals surface area contributed by atoms with Crippen LogP contribution in [0.25, 0.3) is 0 Å². The zero-order valence-corrected chi connectivity index (χ0v) is 7.50. The van der Waals surface area contributed by atoms with E-state index in [-0.39, 0.29) is 491 Å². The summed E-state index contributed by atoms with van der Waals surface area (Å²) in [5, 5.41) is 0. The van der Waals surface area contributed by atoms with Gasteiger partial charge in [0.15, 0.2) is 0 Å². The Morgan fingerprint density at radius 3 is 0.0833 bits per heavy atom. The van der Waals surface area contributed by atoms with Crippen molar-refractivity contribution in [1.29, 1.82) is 0 Å². The first-order chi connectivity index (χ1) is 0. The Balaban J connectivity index is 0. The Labute approximate surface area is 474 Å². The predicted molar refractivity (Wildman–Crippen MR) is 131 cm³/mol. The van der Waals surface area contributed by atoms with E-state index in [9.17, 15) is 0 Å². The van der Waals surface area contributed by atoms with E-state index in [0.717, 1.165) is 0 Å². The van der Waals surface area contributed by atoms with Crippen LogP contribution in [0.4, 0.5) is 0 Å². The van der Waals surface area contributed by atoms with E-state index < -0.39 is 0 Å². The number of hydrogen-bond acceptors (Lipinski definition) is 0. The van der Waals surface area contributed by atoms with Crippen LogP contribution in [-0.4, -0.2) is 491 Å². The first-order valence-corrected chi connectivity index (χ1v) is 0. The van der Waals surface area contributed by atoms with Crippen LogP contribution in [0.15, 0.2) is 0 Å². The van der Waals surface area contributed by atoms with E-state index in [1.807, 2.05) is 0 Å². The van der Waals surface area contributed by atoms with E-state index in [1.54, 1.807) is 0 Å². The molecule has 0 unspecified atom stereocenters. The molecule has 30 N–H and O–H groups in total. The van der Waals surface area contributed by atoms with Gasteiger partial charge in [-0.1, -0.05) is 0 Å². The number of rotatable bonds is 0. The van der Waals surface area contributed by atoms with Crippen molar-refractivity contribution >= 4 is 409 Å². The summed E-state index contributed by atoms with van der Waals surface area (Å²) in [7, 11) is 0. The van der Waals surface area contributed by atoms with Crippen LogP contribution in [0.1, 0.15) is 0 Å². The molecule has 15 nitrogen and oxygen atoms in total. The van der Waals surface area contributed by atoms with Crippen molar-refractivity contribution < 1.29 is 82.1 Å². The van der Waals surface area contributed by atoms with Gasteiger partial charge in [-0.25, -0.2) is 0 Å². The predicted octanol–water partition coefficient (Wildman–Crippen LogP) is -20.6. The minimum atomic E-state index is 0. The van der Waals surface area contributed by atoms with Gasteiger partial charge < -0.3 is 82.1 Å². The van der Waals surface area contributed by atoms with E-state index in [1.165, 1.54) is 0 Å². The van der Waals surface area contributed by atoms with Crippen LogP contribution in [-0.2, 0) is 0 Å². The number of hydrogen-bond donors (Lipinski definition) is 0. The molecular formula is H48O15Sr9. The van der Waals surface area contributed by atoms with Crippen LogP contribution in [0, 0.1) is 0 Å². The molecule has 0 saturated carbocycles. The molecule has 0 rings (SSSR count). The third kappa shape index (κ3) is 244. The van der Waals surface area contributed by atoms with Gasteiger partial charge in [-0.3, -0.25) is 0 Å². The van der Waals surface area contributed by atoms with Crippen molar-refractivity contribution in [3.05, 3.63) is 0 Å². The molecule has 24 heteroatoms. The second-order valence-corrected chi connectivity index (χ2v) is 0. The molecule has 24 heavy (non-hydrogen) atoms. The Kier molecular flexibility index (Phi) is 3210. The minimum absolute atomic E-state index is 0. The van der Waals surface area contributed by atoms with Crippen LogP contribution in [0.2, 0.25) is 0 Å². The monoisotopic (exact) mass is 1080 g/mol. The quantitative estimate of drug-likeness (QED) is 0.204. The molecular weight excluding hydrogens is 1030 g/mol. The summed E-state index contributed by atoms with van der Waals surface area (Å²) in [4.78, 5) is 0. The van der Waals surface area contributed by atoms with Crippen molar-refractivity contribution in [3.63, 3.8) is 0 Å². The summed E-state index contributed by atoms with van der Waals surface area (Å²) >= 11 is 0. The zero-order valence-electron chi connectivity index (χ0n) is 7.50. The molecule has 0 aliphatic carbocycles. The van der Waals surface area contributed by atoms with Gasteiger partial charge in [0.2, 0.25) is 0 Å². The van der Waals surface area contributed by atoms with Gasteiger partial charge in [-0.15, -0.1) is 0 Å². The SMILES string of the molecule is O.O.O.O.O.O.O.O.O.O.O.O.O.O.O.[SrH2].[SrH2].[SrH2].[SrH2].[SrH2].[SrH2].[SrH2].[SrH2].[SrH2]. The summed E-state index contributed by atoms with van der Waals surface area (Å²) in [6.07, 6.45) is 0. The van der Waals surface area contributed by atoms with Crippen LogP contribution in [0.5, 0.6) is 0 Å². The Morgan fingerprint density at radius 2 is 0.0833 bits per heavy atom. The first-order valence-electron chi connectivity index (χ1n) is 0. The summed E-state index contributed by atoms with van der Waals surface area (Å²) in [5.74, 6) is 0. The topological polar surface area (TPSA) is 472 Å². The van der Waals surface area contributed by atoms with Crippen LogP contribution < -0.4 is 0 Å². The second-order valence-electron chi connectivity index (χ2n) is 0. The van der Waals surface area contributed by atoms with Gasteiger partial charge >= 0.3 is 409 Å². The molecule has 0 aromatic heterocycles. The van der Waals surface area contributed by atoms with Gasteiger partial charge in [0.1, 0.15) is 0 Å². The standard InChI is InChI=1S/15H2O.9Sr.18H/h15*1H2;;;;;;;;;;;;;;;;;;;;;;;;;;;. The fourth-order valence-corrected chi connectivity index (χ4v) is 0. The van der Waals surface area contributed by atoms with E-state index >= 15 is 0 Å². The molecule has 0 spiro atoms. The van der Waals surface area contributed by atoms with Crippen LogP contribution in [0.3, 0.4) is 0 Å². The molecule has 0 aliphatic heterocycles. The molecule has 0 atom stereocenters. The molecule has 0 radical (unpaired) electrons. The third-order valence-corrected chi connectivity index (χ3v) is 0. The van der Waals surface area contributed by atoms with Gasteiger partial charge in [0.05, 0.1) is 0 Å². The molecule has 0 aliphatic rings. The van der Waals surface area contributed by atoms with E-state index in [0.29, 0.717) is 0 Å². The van der Waals surface area contributed by atoms with Crippen molar-refractivity contribution in [3.8, 4) is 0 Å². The summed E-state index contributed by atoms with van der Waals surface area (Å²) in [6, 6.07) is 0. The molecule has 156 valence electrons. The van der Waals surface area contributed by atoms with Crippen LogP contribution >= 0.6 is 0 Å². The van der Waals surface area contributed by atoms with Gasteiger partial charge in [0.25, 0.3) is 0 Å². The zero-order chi connectivity index (χ0) is 0. The second kappa shape index (κ2) is 266. The van der Waals surface area contributed by atoms with Crippen molar-refractivity contribution in [1.82, 2.24) is 0 Å². The molecule has 0 heterocycles. The van der Waals surface area contributed by atoms with Gasteiger partial charge in [-0.05, 0) is 0 Å². The van der Waals surface area contributed by atoms with Crippen molar-refractivity contribution in [2.45, 2.75) is 0 Å². The van der Waals surface area contributed by atoms with Crippen molar-refractivity contribution in [2.75, 3.05) is 0 Å². The Hall–Kier alpha value is 12.7. The molecule has 0 aromatic rings. The normalized spacial score (nSPS) is 0. The van der Waals surface area contributed by atoms with E-state index in [2.05, 4.69) is 0 Å². The average Bonchev–Trinajstić information content (AvgIpc) is 0. The molecule has 0 bridgehead atoms. The molecule has 0 fully saturated rings. The van der Waals surface area contributed by atoms with Gasteiger partial charge in [-0.2, -0.15) is 0 Å². The average molecular weight is 1080 g/mol. The fraction of sp³-hybridized carbons (Fsp3) is 0. The maximum absolute atomic E-state index is 0. The maximum atomic E-state index is 0.